The van der Waals surface area contributed by atoms with E-state index in [1.54, 1.807) is 6.20 Å². The Morgan fingerprint density at radius 1 is 1.12 bits per heavy atom. The first kappa shape index (κ1) is 10.6. The number of nitrogens with zero attached hydrogens (tertiary/aromatic N) is 2. The van der Waals surface area contributed by atoms with Crippen LogP contribution < -0.4 is 11.1 Å². The van der Waals surface area contributed by atoms with E-state index in [1.165, 1.54) is 0 Å². The third-order valence-electron chi connectivity index (χ3n) is 2.14. The van der Waals surface area contributed by atoms with Gasteiger partial charge in [0.1, 0.15) is 5.82 Å². The van der Waals surface area contributed by atoms with Gasteiger partial charge in [0.25, 0.3) is 0 Å². The first-order chi connectivity index (χ1) is 7.90. The van der Waals surface area contributed by atoms with Crippen LogP contribution in [0.4, 0.5) is 5.82 Å². The summed E-state index contributed by atoms with van der Waals surface area (Å²) in [6, 6.07) is 11.7. The third-order valence-corrected chi connectivity index (χ3v) is 2.14. The van der Waals surface area contributed by atoms with Gasteiger partial charge in [-0.25, -0.2) is 9.97 Å². The van der Waals surface area contributed by atoms with Crippen LogP contribution in [-0.2, 0) is 0 Å². The van der Waals surface area contributed by atoms with E-state index in [-0.39, 0.29) is 0 Å². The number of nitrogens with one attached hydrogen (secondary N) is 1. The molecule has 1 aromatic heterocycles. The molecule has 2 aromatic rings. The lowest BCUT2D eigenvalue weighted by Crippen LogP contribution is -2.14. The van der Waals surface area contributed by atoms with Gasteiger partial charge >= 0.3 is 0 Å². The van der Waals surface area contributed by atoms with Crippen molar-refractivity contribution in [2.75, 3.05) is 18.4 Å². The molecule has 4 heteroatoms. The minimum absolute atomic E-state index is 0.588. The van der Waals surface area contributed by atoms with E-state index >= 15 is 0 Å². The number of hydrogen-bond donors (Lipinski definition) is 2. The molecule has 0 saturated carbocycles. The Morgan fingerprint density at radius 3 is 2.69 bits per heavy atom. The van der Waals surface area contributed by atoms with Gasteiger partial charge < -0.3 is 11.1 Å². The lowest BCUT2D eigenvalue weighted by Gasteiger charge is -2.05. The summed E-state index contributed by atoms with van der Waals surface area (Å²) in [6.07, 6.45) is 1.74. The van der Waals surface area contributed by atoms with E-state index in [4.69, 9.17) is 5.73 Å². The third kappa shape index (κ3) is 2.55. The van der Waals surface area contributed by atoms with Crippen molar-refractivity contribution in [2.24, 2.45) is 5.73 Å². The van der Waals surface area contributed by atoms with Crippen LogP contribution in [0.1, 0.15) is 0 Å². The van der Waals surface area contributed by atoms with E-state index in [9.17, 15) is 0 Å². The number of anilines is 1. The molecular weight excluding hydrogens is 200 g/mol. The maximum absolute atomic E-state index is 5.42. The zero-order valence-corrected chi connectivity index (χ0v) is 8.93. The quantitative estimate of drug-likeness (QED) is 0.809. The lowest BCUT2D eigenvalue weighted by molar-refractivity contribution is 1.01. The summed E-state index contributed by atoms with van der Waals surface area (Å²) < 4.78 is 0. The van der Waals surface area contributed by atoms with Crippen molar-refractivity contribution < 1.29 is 0 Å². The molecule has 0 aliphatic rings. The van der Waals surface area contributed by atoms with Gasteiger partial charge in [-0.05, 0) is 6.07 Å². The number of hydrogen-bond acceptors (Lipinski definition) is 4. The second-order valence-electron chi connectivity index (χ2n) is 3.35. The van der Waals surface area contributed by atoms with Gasteiger partial charge in [-0.15, -0.1) is 0 Å². The fraction of sp³-hybridized carbons (Fsp3) is 0.167. The fourth-order valence-corrected chi connectivity index (χ4v) is 1.38. The van der Waals surface area contributed by atoms with Gasteiger partial charge in [0.2, 0.25) is 0 Å². The van der Waals surface area contributed by atoms with Crippen molar-refractivity contribution in [1.29, 1.82) is 0 Å². The number of nitrogens with two attached hydrogens (primary N) is 1. The predicted molar refractivity (Wildman–Crippen MR) is 65.0 cm³/mol. The Morgan fingerprint density at radius 2 is 1.94 bits per heavy atom. The van der Waals surface area contributed by atoms with Crippen molar-refractivity contribution >= 4 is 5.82 Å². The summed E-state index contributed by atoms with van der Waals surface area (Å²) >= 11 is 0. The maximum atomic E-state index is 5.42. The summed E-state index contributed by atoms with van der Waals surface area (Å²) in [5.74, 6) is 1.53. The molecule has 3 N–H and O–H groups in total. The smallest absolute Gasteiger partial charge is 0.161 e. The summed E-state index contributed by atoms with van der Waals surface area (Å²) in [5, 5.41) is 3.13. The molecule has 0 fully saturated rings. The second-order valence-corrected chi connectivity index (χ2v) is 3.35. The van der Waals surface area contributed by atoms with E-state index < -0.39 is 0 Å². The molecular formula is C12H14N4. The van der Waals surface area contributed by atoms with Crippen LogP contribution in [0.3, 0.4) is 0 Å². The van der Waals surface area contributed by atoms with E-state index in [0.29, 0.717) is 13.1 Å². The first-order valence-electron chi connectivity index (χ1n) is 5.22. The monoisotopic (exact) mass is 214 g/mol. The van der Waals surface area contributed by atoms with Crippen molar-refractivity contribution in [3.05, 3.63) is 42.6 Å². The lowest BCUT2D eigenvalue weighted by atomic mass is 10.2. The Hall–Kier alpha value is -1.94. The minimum Gasteiger partial charge on any atom is -0.369 e. The van der Waals surface area contributed by atoms with Gasteiger partial charge in [-0.3, -0.25) is 0 Å². The zero-order chi connectivity index (χ0) is 11.2. The van der Waals surface area contributed by atoms with Gasteiger partial charge in [0.05, 0.1) is 0 Å². The maximum Gasteiger partial charge on any atom is 0.161 e. The molecule has 82 valence electrons. The summed E-state index contributed by atoms with van der Waals surface area (Å²) in [7, 11) is 0. The number of rotatable bonds is 4. The van der Waals surface area contributed by atoms with Gasteiger partial charge in [0, 0.05) is 24.8 Å². The van der Waals surface area contributed by atoms with Gasteiger partial charge in [0.15, 0.2) is 5.82 Å². The largest absolute Gasteiger partial charge is 0.369 e. The second kappa shape index (κ2) is 5.23. The molecule has 0 unspecified atom stereocenters. The average Bonchev–Trinajstić information content (AvgIpc) is 2.38. The SMILES string of the molecule is NCCNc1ccnc(-c2ccccc2)n1. The molecule has 0 aliphatic heterocycles. The molecule has 0 spiro atoms. The van der Waals surface area contributed by atoms with Crippen molar-refractivity contribution in [3.63, 3.8) is 0 Å². The molecule has 0 aliphatic carbocycles. The van der Waals surface area contributed by atoms with Gasteiger partial charge in [-0.1, -0.05) is 30.3 Å². The van der Waals surface area contributed by atoms with Crippen molar-refractivity contribution in [1.82, 2.24) is 9.97 Å². The molecule has 0 radical (unpaired) electrons. The van der Waals surface area contributed by atoms with Gasteiger partial charge in [-0.2, -0.15) is 0 Å². The van der Waals surface area contributed by atoms with Crippen LogP contribution in [0.5, 0.6) is 0 Å². The van der Waals surface area contributed by atoms with E-state index in [1.807, 2.05) is 36.4 Å². The van der Waals surface area contributed by atoms with Crippen LogP contribution >= 0.6 is 0 Å². The minimum atomic E-state index is 0.588. The Balaban J connectivity index is 2.22. The fourth-order valence-electron chi connectivity index (χ4n) is 1.38. The molecule has 0 bridgehead atoms. The highest BCUT2D eigenvalue weighted by molar-refractivity contribution is 5.56. The Kier molecular flexibility index (Phi) is 3.46. The molecule has 1 aromatic carbocycles. The average molecular weight is 214 g/mol. The van der Waals surface area contributed by atoms with Crippen molar-refractivity contribution in [3.8, 4) is 11.4 Å². The first-order valence-corrected chi connectivity index (χ1v) is 5.22. The van der Waals surface area contributed by atoms with E-state index in [2.05, 4.69) is 15.3 Å². The molecule has 0 saturated heterocycles. The van der Waals surface area contributed by atoms with Crippen LogP contribution in [0.25, 0.3) is 11.4 Å². The molecule has 0 amide bonds. The predicted octanol–water partition coefficient (Wildman–Crippen LogP) is 1.51. The Bertz CT molecular complexity index is 442. The molecule has 1 heterocycles. The summed E-state index contributed by atoms with van der Waals surface area (Å²) in [5.41, 5.74) is 6.43. The van der Waals surface area contributed by atoms with Crippen LogP contribution in [0.2, 0.25) is 0 Å². The topological polar surface area (TPSA) is 63.8 Å². The zero-order valence-electron chi connectivity index (χ0n) is 8.93. The Labute approximate surface area is 94.5 Å². The molecule has 4 nitrogen and oxygen atoms in total. The number of aromatic nitrogens is 2. The van der Waals surface area contributed by atoms with Crippen LogP contribution in [-0.4, -0.2) is 23.1 Å². The highest BCUT2D eigenvalue weighted by atomic mass is 15.0. The molecule has 2 rings (SSSR count). The molecule has 0 atom stereocenters. The summed E-state index contributed by atoms with van der Waals surface area (Å²) in [4.78, 5) is 8.64. The highest BCUT2D eigenvalue weighted by Gasteiger charge is 2.00. The van der Waals surface area contributed by atoms with Crippen LogP contribution in [0.15, 0.2) is 42.6 Å². The highest BCUT2D eigenvalue weighted by Crippen LogP contribution is 2.14. The normalized spacial score (nSPS) is 10.1. The number of benzene rings is 1. The standard InChI is InChI=1S/C12H14N4/c13-7-9-14-11-6-8-15-12(16-11)10-4-2-1-3-5-10/h1-6,8H,7,9,13H2,(H,14,15,16). The van der Waals surface area contributed by atoms with Crippen molar-refractivity contribution in [2.45, 2.75) is 0 Å². The molecule has 16 heavy (non-hydrogen) atoms. The van der Waals surface area contributed by atoms with Crippen LogP contribution in [0, 0.1) is 0 Å². The van der Waals surface area contributed by atoms with E-state index in [0.717, 1.165) is 17.2 Å². The summed E-state index contributed by atoms with van der Waals surface area (Å²) in [6.45, 7) is 1.30.